The third kappa shape index (κ3) is 4.15. The Hall–Kier alpha value is -3.43. The zero-order chi connectivity index (χ0) is 25.5. The maximum atomic E-state index is 13.9. The first-order valence-electron chi connectivity index (χ1n) is 11.5. The van der Waals surface area contributed by atoms with Crippen LogP contribution in [-0.2, 0) is 38.2 Å². The lowest BCUT2D eigenvalue weighted by Crippen LogP contribution is -2.64. The minimum Gasteiger partial charge on any atom is -0.478 e. The summed E-state index contributed by atoms with van der Waals surface area (Å²) >= 11 is 0. The Bertz CT molecular complexity index is 1070. The predicted octanol–water partition coefficient (Wildman–Crippen LogP) is 2.62. The summed E-state index contributed by atoms with van der Waals surface area (Å²) in [6.07, 6.45) is 3.47. The molecule has 0 radical (unpaired) electrons. The van der Waals surface area contributed by atoms with E-state index in [4.69, 9.17) is 23.7 Å². The summed E-state index contributed by atoms with van der Waals surface area (Å²) in [6.45, 7) is 3.71. The molecular weight excluding hydrogens is 460 g/mol. The number of Topliss-reactive ketones (excluding diaryl/α,β-unsaturated/α-hetero) is 1. The second-order valence-corrected chi connectivity index (χ2v) is 10.0. The summed E-state index contributed by atoms with van der Waals surface area (Å²) in [5, 5.41) is 8.77. The monoisotopic (exact) mass is 488 g/mol. The minimum atomic E-state index is -1.34. The fourth-order valence-corrected chi connectivity index (χ4v) is 6.58. The molecule has 0 bridgehead atoms. The van der Waals surface area contributed by atoms with Gasteiger partial charge in [0.1, 0.15) is 6.10 Å². The van der Waals surface area contributed by atoms with Crippen LogP contribution in [0.15, 0.2) is 35.2 Å². The van der Waals surface area contributed by atoms with E-state index in [0.717, 1.165) is 6.08 Å². The van der Waals surface area contributed by atoms with Gasteiger partial charge in [-0.25, -0.2) is 9.59 Å². The summed E-state index contributed by atoms with van der Waals surface area (Å²) in [5.41, 5.74) is -1.07. The average Bonchev–Trinajstić information content (AvgIpc) is 3.33. The molecule has 1 saturated heterocycles. The number of hydrogen-bond acceptors (Lipinski definition) is 9. The number of rotatable bonds is 5. The van der Waals surface area contributed by atoms with Crippen molar-refractivity contribution in [3.05, 3.63) is 36.3 Å². The number of fused-ring (bicyclic) bond motifs is 3. The van der Waals surface area contributed by atoms with Crippen molar-refractivity contribution < 1.29 is 47.7 Å². The summed E-state index contributed by atoms with van der Waals surface area (Å²) in [6, 6.07) is 1.70. The zero-order valence-electron chi connectivity index (χ0n) is 19.7. The highest BCUT2D eigenvalue weighted by Crippen LogP contribution is 2.65. The molecule has 0 unspecified atom stereocenters. The lowest BCUT2D eigenvalue weighted by molar-refractivity contribution is -0.210. The van der Waals surface area contributed by atoms with Crippen LogP contribution in [0.3, 0.4) is 0 Å². The van der Waals surface area contributed by atoms with E-state index in [-0.39, 0.29) is 6.42 Å². The fraction of sp³-hybridized carbons (Fsp3) is 0.560. The van der Waals surface area contributed by atoms with E-state index in [1.165, 1.54) is 19.6 Å². The zero-order valence-corrected chi connectivity index (χ0v) is 19.7. The second-order valence-electron chi connectivity index (χ2n) is 10.0. The molecular formula is C25H28O10. The van der Waals surface area contributed by atoms with Gasteiger partial charge in [-0.15, -0.1) is 0 Å². The molecule has 3 aliphatic rings. The molecule has 2 aliphatic carbocycles. The van der Waals surface area contributed by atoms with E-state index in [1.54, 1.807) is 6.07 Å². The highest BCUT2D eigenvalue weighted by Gasteiger charge is 2.67. The maximum absolute atomic E-state index is 13.9. The molecule has 1 aliphatic heterocycles. The average molecular weight is 488 g/mol. The van der Waals surface area contributed by atoms with Gasteiger partial charge in [0.15, 0.2) is 11.9 Å². The molecule has 1 aromatic rings. The third-order valence-electron chi connectivity index (χ3n) is 8.12. The van der Waals surface area contributed by atoms with Gasteiger partial charge in [-0.3, -0.25) is 14.4 Å². The number of carbonyl (C=O) groups is 5. The Morgan fingerprint density at radius 2 is 1.91 bits per heavy atom. The maximum Gasteiger partial charge on any atom is 0.331 e. The van der Waals surface area contributed by atoms with Crippen molar-refractivity contribution >= 4 is 29.7 Å². The summed E-state index contributed by atoms with van der Waals surface area (Å²) in [5.74, 6) is -5.84. The quantitative estimate of drug-likeness (QED) is 0.373. The van der Waals surface area contributed by atoms with E-state index >= 15 is 0 Å². The van der Waals surface area contributed by atoms with Gasteiger partial charge in [-0.05, 0) is 36.2 Å². The number of ether oxygens (including phenoxy) is 3. The first-order valence-corrected chi connectivity index (χ1v) is 11.5. The number of furan rings is 1. The van der Waals surface area contributed by atoms with E-state index < -0.39 is 70.5 Å². The van der Waals surface area contributed by atoms with Crippen LogP contribution in [0.4, 0.5) is 0 Å². The molecule has 2 heterocycles. The molecule has 3 fully saturated rings. The molecule has 4 rings (SSSR count). The van der Waals surface area contributed by atoms with E-state index in [1.807, 2.05) is 13.8 Å². The molecule has 35 heavy (non-hydrogen) atoms. The molecule has 188 valence electrons. The highest BCUT2D eigenvalue weighted by molar-refractivity contribution is 5.96. The van der Waals surface area contributed by atoms with Crippen LogP contribution in [0, 0.1) is 28.6 Å². The van der Waals surface area contributed by atoms with Gasteiger partial charge in [-0.2, -0.15) is 0 Å². The summed E-state index contributed by atoms with van der Waals surface area (Å²) in [7, 11) is 1.26. The van der Waals surface area contributed by atoms with Gasteiger partial charge in [0, 0.05) is 30.1 Å². The van der Waals surface area contributed by atoms with E-state index in [2.05, 4.69) is 0 Å². The van der Waals surface area contributed by atoms with Gasteiger partial charge in [-0.1, -0.05) is 13.8 Å². The number of ketones is 1. The van der Waals surface area contributed by atoms with Crippen molar-refractivity contribution in [1.29, 1.82) is 0 Å². The number of cyclic esters (lactones) is 1. The summed E-state index contributed by atoms with van der Waals surface area (Å²) in [4.78, 5) is 62.9. The number of esters is 3. The van der Waals surface area contributed by atoms with Crippen molar-refractivity contribution in [3.8, 4) is 0 Å². The summed E-state index contributed by atoms with van der Waals surface area (Å²) < 4.78 is 21.3. The van der Waals surface area contributed by atoms with Crippen LogP contribution in [0.2, 0.25) is 0 Å². The largest absolute Gasteiger partial charge is 0.478 e. The Morgan fingerprint density at radius 1 is 1.17 bits per heavy atom. The fourth-order valence-electron chi connectivity index (χ4n) is 6.58. The molecule has 1 N–H and O–H groups in total. The Morgan fingerprint density at radius 3 is 2.54 bits per heavy atom. The van der Waals surface area contributed by atoms with Crippen molar-refractivity contribution in [3.63, 3.8) is 0 Å². The molecule has 2 saturated carbocycles. The molecule has 0 aromatic carbocycles. The lowest BCUT2D eigenvalue weighted by atomic mass is 9.43. The van der Waals surface area contributed by atoms with E-state index in [0.29, 0.717) is 30.9 Å². The van der Waals surface area contributed by atoms with Crippen molar-refractivity contribution in [2.75, 3.05) is 7.11 Å². The first-order chi connectivity index (χ1) is 16.5. The highest BCUT2D eigenvalue weighted by atomic mass is 16.6. The van der Waals surface area contributed by atoms with Gasteiger partial charge in [0.2, 0.25) is 0 Å². The van der Waals surface area contributed by atoms with E-state index in [9.17, 15) is 24.0 Å². The topological polar surface area (TPSA) is 146 Å². The number of aliphatic carboxylic acids is 1. The van der Waals surface area contributed by atoms with Crippen LogP contribution < -0.4 is 0 Å². The van der Waals surface area contributed by atoms with Gasteiger partial charge in [0.05, 0.1) is 31.5 Å². The number of carboxylic acids is 1. The molecule has 1 aromatic heterocycles. The Kier molecular flexibility index (Phi) is 6.33. The Labute approximate surface area is 201 Å². The van der Waals surface area contributed by atoms with Crippen LogP contribution >= 0.6 is 0 Å². The van der Waals surface area contributed by atoms with Crippen LogP contribution in [0.1, 0.15) is 51.2 Å². The van der Waals surface area contributed by atoms with Crippen LogP contribution in [0.5, 0.6) is 0 Å². The van der Waals surface area contributed by atoms with Crippen molar-refractivity contribution in [2.24, 2.45) is 28.6 Å². The minimum absolute atomic E-state index is 0.0818. The molecule has 0 spiro atoms. The number of hydrogen-bond donors (Lipinski definition) is 1. The molecule has 10 heteroatoms. The molecule has 7 atom stereocenters. The molecule has 0 amide bonds. The van der Waals surface area contributed by atoms with Gasteiger partial charge >= 0.3 is 23.9 Å². The van der Waals surface area contributed by atoms with Crippen LogP contribution in [0.25, 0.3) is 0 Å². The third-order valence-corrected chi connectivity index (χ3v) is 8.12. The standard InChI is InChI=1S/C25H28O10/c1-24-8-6-14-23(31)35-17(13-7-9-33-12-13)11-25(14,2)21(24)20(29)16(10-15(24)22(30)32-3)34-19(28)5-4-18(26)27/h4-5,7,9,12,14-17,21H,6,8,10-11H2,1-3H3,(H,26,27)/b5-4-/t14-,15-,16-,17-,21-,24-,25-/m0/s1. The van der Waals surface area contributed by atoms with Gasteiger partial charge in [0.25, 0.3) is 0 Å². The number of carboxylic acid groups (broad SMARTS) is 1. The van der Waals surface area contributed by atoms with Crippen molar-refractivity contribution in [2.45, 2.75) is 51.7 Å². The predicted molar refractivity (Wildman–Crippen MR) is 116 cm³/mol. The Balaban J connectivity index is 1.74. The normalized spacial score (nSPS) is 36.6. The SMILES string of the molecule is COC(=O)[C@@H]1C[C@H](OC(=O)/C=C\C(=O)O)C(=O)[C@H]2[C@@]1(C)CC[C@H]1C(=O)O[C@H](c3ccoc3)C[C@]21C. The lowest BCUT2D eigenvalue weighted by Gasteiger charge is -2.60. The first kappa shape index (κ1) is 24.7. The number of methoxy groups -OCH3 is 1. The van der Waals surface area contributed by atoms with Crippen molar-refractivity contribution in [1.82, 2.24) is 0 Å². The number of carbonyl (C=O) groups excluding carboxylic acids is 4. The molecule has 10 nitrogen and oxygen atoms in total. The second kappa shape index (κ2) is 8.98. The van der Waals surface area contributed by atoms with Gasteiger partial charge < -0.3 is 23.7 Å². The van der Waals surface area contributed by atoms with Crippen LogP contribution in [-0.4, -0.2) is 48.0 Å². The smallest absolute Gasteiger partial charge is 0.331 e.